The van der Waals surface area contributed by atoms with Crippen LogP contribution < -0.4 is 0 Å². The summed E-state index contributed by atoms with van der Waals surface area (Å²) < 4.78 is 10.5. The number of aliphatic hydroxyl groups is 2. The van der Waals surface area contributed by atoms with Gasteiger partial charge in [-0.3, -0.25) is 0 Å². The number of aliphatic hydroxyl groups excluding tert-OH is 1. The fourth-order valence-corrected chi connectivity index (χ4v) is 2.25. The van der Waals surface area contributed by atoms with E-state index in [1.807, 2.05) is 0 Å². The third-order valence-corrected chi connectivity index (χ3v) is 3.49. The Hall–Kier alpha value is -1.66. The average Bonchev–Trinajstić information content (AvgIpc) is 2.40. The molecule has 0 aromatic heterocycles. The molecule has 0 amide bonds. The standard InChI is InChI=1S/C15H22O6/c1-9(2)12(16)20-11-7-5-6-8-15(11,14(18)19)21-13(17)10(3)4/h11,14,18-19H,1,3,5-8H2,2,4H3. The Bertz CT molecular complexity index is 453. The largest absolute Gasteiger partial charge is 0.455 e. The van der Waals surface area contributed by atoms with Crippen LogP contribution >= 0.6 is 0 Å². The quantitative estimate of drug-likeness (QED) is 0.450. The maximum Gasteiger partial charge on any atom is 0.333 e. The summed E-state index contributed by atoms with van der Waals surface area (Å²) in [7, 11) is 0. The summed E-state index contributed by atoms with van der Waals surface area (Å²) in [5.74, 6) is -1.40. The predicted octanol–water partition coefficient (Wildman–Crippen LogP) is 1.22. The van der Waals surface area contributed by atoms with Crippen LogP contribution in [0.2, 0.25) is 0 Å². The Labute approximate surface area is 124 Å². The Morgan fingerprint density at radius 2 is 1.71 bits per heavy atom. The van der Waals surface area contributed by atoms with E-state index in [2.05, 4.69) is 13.2 Å². The monoisotopic (exact) mass is 298 g/mol. The van der Waals surface area contributed by atoms with Crippen molar-refractivity contribution in [3.63, 3.8) is 0 Å². The molecule has 2 atom stereocenters. The SMILES string of the molecule is C=C(C)C(=O)OC1CCCCC1(OC(=O)C(=C)C)C(O)O. The number of ether oxygens (including phenoxy) is 2. The van der Waals surface area contributed by atoms with Gasteiger partial charge in [-0.15, -0.1) is 0 Å². The van der Waals surface area contributed by atoms with Gasteiger partial charge in [-0.2, -0.15) is 0 Å². The molecule has 1 aliphatic carbocycles. The number of carbonyl (C=O) groups is 2. The molecule has 6 nitrogen and oxygen atoms in total. The highest BCUT2D eigenvalue weighted by Crippen LogP contribution is 2.37. The summed E-state index contributed by atoms with van der Waals surface area (Å²) in [5, 5.41) is 19.4. The summed E-state index contributed by atoms with van der Waals surface area (Å²) in [4.78, 5) is 23.5. The lowest BCUT2D eigenvalue weighted by Gasteiger charge is -2.43. The molecule has 0 aromatic rings. The van der Waals surface area contributed by atoms with Gasteiger partial charge in [-0.25, -0.2) is 9.59 Å². The molecule has 2 unspecified atom stereocenters. The average molecular weight is 298 g/mol. The normalized spacial score (nSPS) is 25.3. The highest BCUT2D eigenvalue weighted by Gasteiger charge is 2.52. The van der Waals surface area contributed by atoms with E-state index in [0.717, 1.165) is 6.42 Å². The minimum atomic E-state index is -1.95. The Morgan fingerprint density at radius 1 is 1.14 bits per heavy atom. The van der Waals surface area contributed by atoms with E-state index < -0.39 is 29.9 Å². The zero-order chi connectivity index (χ0) is 16.2. The van der Waals surface area contributed by atoms with Crippen LogP contribution in [0.15, 0.2) is 24.3 Å². The Balaban J connectivity index is 3.05. The second-order valence-electron chi connectivity index (χ2n) is 5.42. The molecule has 0 aromatic carbocycles. The minimum absolute atomic E-state index is 0.130. The van der Waals surface area contributed by atoms with Gasteiger partial charge in [0.1, 0.15) is 6.10 Å². The molecule has 0 radical (unpaired) electrons. The van der Waals surface area contributed by atoms with Crippen LogP contribution in [0.4, 0.5) is 0 Å². The smallest absolute Gasteiger partial charge is 0.333 e. The highest BCUT2D eigenvalue weighted by atomic mass is 16.6. The molecular formula is C15H22O6. The lowest BCUT2D eigenvalue weighted by Crippen LogP contribution is -2.58. The van der Waals surface area contributed by atoms with E-state index in [0.29, 0.717) is 12.8 Å². The van der Waals surface area contributed by atoms with E-state index >= 15 is 0 Å². The molecule has 1 aliphatic rings. The molecule has 2 N–H and O–H groups in total. The lowest BCUT2D eigenvalue weighted by atomic mass is 9.81. The summed E-state index contributed by atoms with van der Waals surface area (Å²) in [6.07, 6.45) is -0.962. The van der Waals surface area contributed by atoms with E-state index in [-0.39, 0.29) is 17.6 Å². The van der Waals surface area contributed by atoms with Crippen molar-refractivity contribution in [2.75, 3.05) is 0 Å². The van der Waals surface area contributed by atoms with Crippen LogP contribution in [0.1, 0.15) is 39.5 Å². The van der Waals surface area contributed by atoms with Crippen LogP contribution in [-0.2, 0) is 19.1 Å². The molecule has 0 spiro atoms. The summed E-state index contributed by atoms with van der Waals surface area (Å²) in [6.45, 7) is 9.89. The maximum atomic E-state index is 11.8. The van der Waals surface area contributed by atoms with Gasteiger partial charge in [-0.1, -0.05) is 13.2 Å². The van der Waals surface area contributed by atoms with Crippen molar-refractivity contribution in [2.24, 2.45) is 0 Å². The van der Waals surface area contributed by atoms with Gasteiger partial charge in [0.05, 0.1) is 0 Å². The maximum absolute atomic E-state index is 11.8. The van der Waals surface area contributed by atoms with E-state index in [9.17, 15) is 19.8 Å². The Morgan fingerprint density at radius 3 is 2.19 bits per heavy atom. The van der Waals surface area contributed by atoms with Crippen molar-refractivity contribution in [1.29, 1.82) is 0 Å². The molecule has 1 fully saturated rings. The summed E-state index contributed by atoms with van der Waals surface area (Å²) in [5.41, 5.74) is -1.35. The minimum Gasteiger partial charge on any atom is -0.455 e. The van der Waals surface area contributed by atoms with Crippen LogP contribution in [0, 0.1) is 0 Å². The van der Waals surface area contributed by atoms with Crippen molar-refractivity contribution in [3.8, 4) is 0 Å². The molecule has 1 rings (SSSR count). The second kappa shape index (κ2) is 6.87. The van der Waals surface area contributed by atoms with Gasteiger partial charge in [0.25, 0.3) is 0 Å². The van der Waals surface area contributed by atoms with Gasteiger partial charge in [-0.05, 0) is 39.5 Å². The summed E-state index contributed by atoms with van der Waals surface area (Å²) in [6, 6.07) is 0. The lowest BCUT2D eigenvalue weighted by molar-refractivity contribution is -0.254. The van der Waals surface area contributed by atoms with E-state index in [4.69, 9.17) is 9.47 Å². The molecular weight excluding hydrogens is 276 g/mol. The van der Waals surface area contributed by atoms with Crippen molar-refractivity contribution in [2.45, 2.75) is 57.5 Å². The topological polar surface area (TPSA) is 93.1 Å². The number of hydrogen-bond donors (Lipinski definition) is 2. The Kier molecular flexibility index (Phi) is 5.69. The van der Waals surface area contributed by atoms with Crippen LogP contribution in [0.3, 0.4) is 0 Å². The van der Waals surface area contributed by atoms with Crippen molar-refractivity contribution >= 4 is 11.9 Å². The van der Waals surface area contributed by atoms with Crippen molar-refractivity contribution in [3.05, 3.63) is 24.3 Å². The third-order valence-electron chi connectivity index (χ3n) is 3.49. The van der Waals surface area contributed by atoms with Gasteiger partial charge >= 0.3 is 11.9 Å². The number of rotatable bonds is 5. The molecule has 1 saturated carbocycles. The molecule has 0 heterocycles. The summed E-state index contributed by atoms with van der Waals surface area (Å²) >= 11 is 0. The van der Waals surface area contributed by atoms with Gasteiger partial charge in [0.15, 0.2) is 11.9 Å². The van der Waals surface area contributed by atoms with Crippen LogP contribution in [-0.4, -0.2) is 40.1 Å². The van der Waals surface area contributed by atoms with Gasteiger partial charge in [0.2, 0.25) is 0 Å². The zero-order valence-corrected chi connectivity index (χ0v) is 12.4. The molecule has 0 saturated heterocycles. The van der Waals surface area contributed by atoms with Crippen LogP contribution in [0.25, 0.3) is 0 Å². The molecule has 0 bridgehead atoms. The van der Waals surface area contributed by atoms with Gasteiger partial charge < -0.3 is 19.7 Å². The van der Waals surface area contributed by atoms with Crippen molar-refractivity contribution in [1.82, 2.24) is 0 Å². The highest BCUT2D eigenvalue weighted by molar-refractivity contribution is 5.88. The second-order valence-corrected chi connectivity index (χ2v) is 5.42. The molecule has 0 aliphatic heterocycles. The predicted molar refractivity (Wildman–Crippen MR) is 75.0 cm³/mol. The zero-order valence-electron chi connectivity index (χ0n) is 12.4. The fourth-order valence-electron chi connectivity index (χ4n) is 2.25. The molecule has 21 heavy (non-hydrogen) atoms. The number of esters is 2. The van der Waals surface area contributed by atoms with E-state index in [1.165, 1.54) is 13.8 Å². The van der Waals surface area contributed by atoms with Crippen LogP contribution in [0.5, 0.6) is 0 Å². The fraction of sp³-hybridized carbons (Fsp3) is 0.600. The first-order valence-electron chi connectivity index (χ1n) is 6.82. The van der Waals surface area contributed by atoms with Gasteiger partial charge in [0, 0.05) is 11.1 Å². The first-order chi connectivity index (χ1) is 9.70. The number of carbonyl (C=O) groups excluding carboxylic acids is 2. The van der Waals surface area contributed by atoms with E-state index in [1.54, 1.807) is 0 Å². The molecule has 118 valence electrons. The third kappa shape index (κ3) is 3.92. The molecule has 6 heteroatoms. The number of hydrogen-bond acceptors (Lipinski definition) is 6. The first kappa shape index (κ1) is 17.4. The van der Waals surface area contributed by atoms with Crippen molar-refractivity contribution < 1.29 is 29.3 Å². The first-order valence-corrected chi connectivity index (χ1v) is 6.82.